The van der Waals surface area contributed by atoms with Gasteiger partial charge in [-0.25, -0.2) is 4.39 Å². The normalized spacial score (nSPS) is 10.9. The lowest BCUT2D eigenvalue weighted by molar-refractivity contribution is 0.620. The molecule has 0 radical (unpaired) electrons. The summed E-state index contributed by atoms with van der Waals surface area (Å²) < 4.78 is 13.6. The maximum atomic E-state index is 13.6. The minimum Gasteiger partial charge on any atom is -0.372 e. The van der Waals surface area contributed by atoms with Gasteiger partial charge in [-0.1, -0.05) is 25.5 Å². The molecule has 1 rings (SSSR count). The fourth-order valence-corrected chi connectivity index (χ4v) is 1.84. The highest BCUT2D eigenvalue weighted by Crippen LogP contribution is 2.16. The highest BCUT2D eigenvalue weighted by molar-refractivity contribution is 14.0. The molecule has 0 atom stereocenters. The van der Waals surface area contributed by atoms with E-state index in [4.69, 9.17) is 5.73 Å². The van der Waals surface area contributed by atoms with E-state index < -0.39 is 0 Å². The predicted molar refractivity (Wildman–Crippen MR) is 99.1 cm³/mol. The molecule has 21 heavy (non-hydrogen) atoms. The van der Waals surface area contributed by atoms with Crippen LogP contribution in [0.4, 0.5) is 10.1 Å². The minimum absolute atomic E-state index is 0. The summed E-state index contributed by atoms with van der Waals surface area (Å²) in [5, 5.41) is 3.07. The van der Waals surface area contributed by atoms with Crippen LogP contribution >= 0.6 is 24.0 Å². The van der Waals surface area contributed by atoms with Crippen molar-refractivity contribution in [2.75, 3.05) is 31.6 Å². The summed E-state index contributed by atoms with van der Waals surface area (Å²) in [4.78, 5) is 6.14. The molecule has 0 aliphatic rings. The second kappa shape index (κ2) is 11.6. The Hall–Kier alpha value is -1.05. The lowest BCUT2D eigenvalue weighted by Crippen LogP contribution is -2.32. The highest BCUT2D eigenvalue weighted by atomic mass is 127. The van der Waals surface area contributed by atoms with Gasteiger partial charge in [-0.2, -0.15) is 0 Å². The summed E-state index contributed by atoms with van der Waals surface area (Å²) in [5.74, 6) is 0.297. The molecule has 1 aromatic rings. The number of para-hydroxylation sites is 1. The average molecular weight is 408 g/mol. The quantitative estimate of drug-likeness (QED) is 0.301. The molecule has 0 heterocycles. The molecule has 1 aromatic carbocycles. The smallest absolute Gasteiger partial charge is 0.188 e. The standard InChI is InChI=1S/C15H25FN4.HI/c1-3-4-10-18-15(17)19-11-7-12-20(2)14-9-6-5-8-13(14)16;/h5-6,8-9H,3-4,7,10-12H2,1-2H3,(H3,17,18,19);1H. The fraction of sp³-hybridized carbons (Fsp3) is 0.533. The van der Waals surface area contributed by atoms with Gasteiger partial charge < -0.3 is 16.0 Å². The summed E-state index contributed by atoms with van der Waals surface area (Å²) in [6.45, 7) is 4.38. The van der Waals surface area contributed by atoms with E-state index in [9.17, 15) is 4.39 Å². The van der Waals surface area contributed by atoms with Crippen LogP contribution < -0.4 is 16.0 Å². The van der Waals surface area contributed by atoms with Gasteiger partial charge in [0.25, 0.3) is 0 Å². The van der Waals surface area contributed by atoms with Gasteiger partial charge in [-0.3, -0.25) is 4.99 Å². The molecule has 3 N–H and O–H groups in total. The number of unbranched alkanes of at least 4 members (excludes halogenated alkanes) is 1. The molecule has 0 fully saturated rings. The van der Waals surface area contributed by atoms with Crippen LogP contribution in [0.1, 0.15) is 26.2 Å². The van der Waals surface area contributed by atoms with Crippen molar-refractivity contribution in [3.8, 4) is 0 Å². The molecule has 0 saturated heterocycles. The molecule has 0 amide bonds. The lowest BCUT2D eigenvalue weighted by atomic mass is 10.2. The number of hydrogen-bond donors (Lipinski definition) is 2. The second-order valence-corrected chi connectivity index (χ2v) is 4.77. The zero-order chi connectivity index (χ0) is 14.8. The van der Waals surface area contributed by atoms with E-state index in [2.05, 4.69) is 17.2 Å². The van der Waals surface area contributed by atoms with Gasteiger partial charge in [0.15, 0.2) is 5.96 Å². The molecule has 6 heteroatoms. The zero-order valence-corrected chi connectivity index (χ0v) is 15.1. The third-order valence-electron chi connectivity index (χ3n) is 3.03. The predicted octanol–water partition coefficient (Wildman–Crippen LogP) is 2.97. The highest BCUT2D eigenvalue weighted by Gasteiger charge is 2.05. The van der Waals surface area contributed by atoms with Crippen LogP contribution in [0.25, 0.3) is 0 Å². The summed E-state index contributed by atoms with van der Waals surface area (Å²) in [5.41, 5.74) is 6.35. The monoisotopic (exact) mass is 408 g/mol. The Labute approximate surface area is 144 Å². The van der Waals surface area contributed by atoms with Crippen LogP contribution in [0.3, 0.4) is 0 Å². The van der Waals surface area contributed by atoms with E-state index >= 15 is 0 Å². The van der Waals surface area contributed by atoms with E-state index in [0.29, 0.717) is 18.2 Å². The Morgan fingerprint density at radius 1 is 1.33 bits per heavy atom. The number of benzene rings is 1. The Bertz CT molecular complexity index is 426. The van der Waals surface area contributed by atoms with Gasteiger partial charge in [0, 0.05) is 26.7 Å². The van der Waals surface area contributed by atoms with Gasteiger partial charge in [0.1, 0.15) is 5.82 Å². The molecule has 0 unspecified atom stereocenters. The average Bonchev–Trinajstić information content (AvgIpc) is 2.44. The first-order valence-corrected chi connectivity index (χ1v) is 7.14. The Morgan fingerprint density at radius 3 is 2.71 bits per heavy atom. The molecular formula is C15H26FIN4. The van der Waals surface area contributed by atoms with E-state index in [1.54, 1.807) is 12.1 Å². The molecule has 120 valence electrons. The Morgan fingerprint density at radius 2 is 2.05 bits per heavy atom. The van der Waals surface area contributed by atoms with Crippen LogP contribution in [0.15, 0.2) is 29.3 Å². The van der Waals surface area contributed by atoms with E-state index in [-0.39, 0.29) is 29.8 Å². The van der Waals surface area contributed by atoms with Gasteiger partial charge in [0.2, 0.25) is 0 Å². The van der Waals surface area contributed by atoms with E-state index in [1.165, 1.54) is 6.07 Å². The number of guanidine groups is 1. The van der Waals surface area contributed by atoms with Crippen molar-refractivity contribution in [3.63, 3.8) is 0 Å². The fourth-order valence-electron chi connectivity index (χ4n) is 1.84. The maximum Gasteiger partial charge on any atom is 0.188 e. The third-order valence-corrected chi connectivity index (χ3v) is 3.03. The SMILES string of the molecule is CCCCNC(N)=NCCCN(C)c1ccccc1F.I. The van der Waals surface area contributed by atoms with Crippen molar-refractivity contribution in [3.05, 3.63) is 30.1 Å². The molecule has 0 spiro atoms. The summed E-state index contributed by atoms with van der Waals surface area (Å²) in [7, 11) is 1.88. The molecular weight excluding hydrogens is 382 g/mol. The maximum absolute atomic E-state index is 13.6. The number of halogens is 2. The Balaban J connectivity index is 0.00000400. The first kappa shape index (κ1) is 19.9. The number of aliphatic imine (C=N–C) groups is 1. The van der Waals surface area contributed by atoms with Crippen molar-refractivity contribution in [2.24, 2.45) is 10.7 Å². The first-order valence-electron chi connectivity index (χ1n) is 7.14. The summed E-state index contributed by atoms with van der Waals surface area (Å²) in [6, 6.07) is 6.78. The molecule has 0 saturated carbocycles. The minimum atomic E-state index is -0.195. The first-order chi connectivity index (χ1) is 9.65. The number of nitrogens with two attached hydrogens (primary N) is 1. The number of nitrogens with one attached hydrogen (secondary N) is 1. The second-order valence-electron chi connectivity index (χ2n) is 4.77. The van der Waals surface area contributed by atoms with E-state index in [0.717, 1.165) is 32.4 Å². The third kappa shape index (κ3) is 8.08. The summed E-state index contributed by atoms with van der Waals surface area (Å²) in [6.07, 6.45) is 3.06. The zero-order valence-electron chi connectivity index (χ0n) is 12.8. The number of hydrogen-bond acceptors (Lipinski definition) is 2. The van der Waals surface area contributed by atoms with Crippen molar-refractivity contribution >= 4 is 35.6 Å². The van der Waals surface area contributed by atoms with Gasteiger partial charge in [-0.05, 0) is 25.0 Å². The van der Waals surface area contributed by atoms with Crippen molar-refractivity contribution in [1.82, 2.24) is 5.32 Å². The number of nitrogens with zero attached hydrogens (tertiary/aromatic N) is 2. The van der Waals surface area contributed by atoms with Crippen LogP contribution in [0.2, 0.25) is 0 Å². The molecule has 4 nitrogen and oxygen atoms in total. The van der Waals surface area contributed by atoms with Crippen molar-refractivity contribution < 1.29 is 4.39 Å². The largest absolute Gasteiger partial charge is 0.372 e. The number of anilines is 1. The van der Waals surface area contributed by atoms with Crippen LogP contribution in [-0.4, -0.2) is 32.6 Å². The molecule has 0 aromatic heterocycles. The lowest BCUT2D eigenvalue weighted by Gasteiger charge is -2.19. The molecule has 0 aliphatic heterocycles. The van der Waals surface area contributed by atoms with Crippen LogP contribution in [0, 0.1) is 5.82 Å². The van der Waals surface area contributed by atoms with Crippen LogP contribution in [0.5, 0.6) is 0 Å². The topological polar surface area (TPSA) is 53.6 Å². The molecule has 0 bridgehead atoms. The van der Waals surface area contributed by atoms with Gasteiger partial charge in [0.05, 0.1) is 5.69 Å². The van der Waals surface area contributed by atoms with Gasteiger partial charge in [-0.15, -0.1) is 24.0 Å². The van der Waals surface area contributed by atoms with Crippen molar-refractivity contribution in [1.29, 1.82) is 0 Å². The van der Waals surface area contributed by atoms with E-state index in [1.807, 2.05) is 18.0 Å². The number of rotatable bonds is 8. The Kier molecular flexibility index (Phi) is 11.0. The van der Waals surface area contributed by atoms with Crippen molar-refractivity contribution in [2.45, 2.75) is 26.2 Å². The van der Waals surface area contributed by atoms with Crippen LogP contribution in [-0.2, 0) is 0 Å². The van der Waals surface area contributed by atoms with Gasteiger partial charge >= 0.3 is 0 Å². The molecule has 0 aliphatic carbocycles. The summed E-state index contributed by atoms with van der Waals surface area (Å²) >= 11 is 0.